The van der Waals surface area contributed by atoms with Gasteiger partial charge in [-0.2, -0.15) is 0 Å². The van der Waals surface area contributed by atoms with Gasteiger partial charge in [-0.25, -0.2) is 0 Å². The van der Waals surface area contributed by atoms with Crippen LogP contribution in [0, 0.1) is 0 Å². The lowest BCUT2D eigenvalue weighted by Crippen LogP contribution is -2.36. The molecular formula is C15H24N2O. The maximum atomic E-state index is 9.78. The van der Waals surface area contributed by atoms with Crippen molar-refractivity contribution in [3.8, 4) is 5.75 Å². The average molecular weight is 248 g/mol. The van der Waals surface area contributed by atoms with Crippen molar-refractivity contribution in [3.05, 3.63) is 29.8 Å². The summed E-state index contributed by atoms with van der Waals surface area (Å²) in [5.74, 6) is 0.385. The number of nitrogens with one attached hydrogen (secondary N) is 1. The molecule has 3 nitrogen and oxygen atoms in total. The molecule has 3 heteroatoms. The predicted octanol–water partition coefficient (Wildman–Crippen LogP) is 2.53. The number of hydrogen-bond donors (Lipinski definition) is 2. The normalized spacial score (nSPS) is 18.7. The molecule has 1 aromatic rings. The van der Waals surface area contributed by atoms with Gasteiger partial charge in [0.1, 0.15) is 5.75 Å². The lowest BCUT2D eigenvalue weighted by atomic mass is 10.1. The summed E-state index contributed by atoms with van der Waals surface area (Å²) in [6, 6.07) is 7.76. The molecule has 0 radical (unpaired) electrons. The molecule has 100 valence electrons. The van der Waals surface area contributed by atoms with E-state index in [2.05, 4.69) is 17.1 Å². The second kappa shape index (κ2) is 6.76. The number of rotatable bonds is 5. The first-order chi connectivity index (χ1) is 8.77. The van der Waals surface area contributed by atoms with Crippen molar-refractivity contribution >= 4 is 0 Å². The number of aromatic hydroxyl groups is 1. The third-order valence-electron chi connectivity index (χ3n) is 3.73. The average Bonchev–Trinajstić information content (AvgIpc) is 2.40. The molecule has 1 fully saturated rings. The Hall–Kier alpha value is -1.06. The van der Waals surface area contributed by atoms with Crippen LogP contribution in [-0.2, 0) is 0 Å². The molecule has 1 aromatic carbocycles. The van der Waals surface area contributed by atoms with E-state index in [1.165, 1.54) is 32.4 Å². The minimum Gasteiger partial charge on any atom is -0.508 e. The van der Waals surface area contributed by atoms with Crippen molar-refractivity contribution < 1.29 is 5.11 Å². The molecule has 1 unspecified atom stereocenters. The third kappa shape index (κ3) is 3.72. The van der Waals surface area contributed by atoms with Gasteiger partial charge in [0.25, 0.3) is 0 Å². The van der Waals surface area contributed by atoms with Gasteiger partial charge in [0.2, 0.25) is 0 Å². The van der Waals surface area contributed by atoms with Crippen molar-refractivity contribution in [2.24, 2.45) is 0 Å². The summed E-state index contributed by atoms with van der Waals surface area (Å²) in [6.07, 6.45) is 4.07. The van der Waals surface area contributed by atoms with Crippen molar-refractivity contribution in [3.63, 3.8) is 0 Å². The van der Waals surface area contributed by atoms with Gasteiger partial charge in [0, 0.05) is 24.7 Å². The molecule has 0 aliphatic carbocycles. The summed E-state index contributed by atoms with van der Waals surface area (Å²) in [7, 11) is 0. The Bertz CT molecular complexity index is 361. The minimum absolute atomic E-state index is 0.205. The molecule has 1 aliphatic rings. The summed E-state index contributed by atoms with van der Waals surface area (Å²) in [5.41, 5.74) is 0.983. The Kier molecular flexibility index (Phi) is 5.02. The van der Waals surface area contributed by atoms with Crippen LogP contribution in [0.25, 0.3) is 0 Å². The van der Waals surface area contributed by atoms with Crippen molar-refractivity contribution in [2.75, 3.05) is 26.2 Å². The fourth-order valence-electron chi connectivity index (χ4n) is 2.59. The molecule has 1 aliphatic heterocycles. The van der Waals surface area contributed by atoms with Crippen molar-refractivity contribution in [1.82, 2.24) is 10.2 Å². The van der Waals surface area contributed by atoms with Crippen LogP contribution in [0.1, 0.15) is 37.8 Å². The first-order valence-corrected chi connectivity index (χ1v) is 7.01. The van der Waals surface area contributed by atoms with E-state index in [1.54, 1.807) is 6.07 Å². The molecule has 1 saturated heterocycles. The highest BCUT2D eigenvalue weighted by atomic mass is 16.3. The first kappa shape index (κ1) is 13.4. The second-order valence-electron chi connectivity index (χ2n) is 5.14. The number of nitrogens with zero attached hydrogens (tertiary/aromatic N) is 1. The monoisotopic (exact) mass is 248 g/mol. The van der Waals surface area contributed by atoms with E-state index in [4.69, 9.17) is 0 Å². The highest BCUT2D eigenvalue weighted by Crippen LogP contribution is 2.22. The minimum atomic E-state index is 0.205. The third-order valence-corrected chi connectivity index (χ3v) is 3.73. The van der Waals surface area contributed by atoms with Crippen LogP contribution in [0.15, 0.2) is 24.3 Å². The fraction of sp³-hybridized carbons (Fsp3) is 0.600. The molecule has 0 saturated carbocycles. The smallest absolute Gasteiger partial charge is 0.120 e. The SMILES string of the molecule is CC(NCCN1CCCCC1)c1ccccc1O. The van der Waals surface area contributed by atoms with E-state index in [0.29, 0.717) is 5.75 Å². The van der Waals surface area contributed by atoms with E-state index in [1.807, 2.05) is 18.2 Å². The largest absolute Gasteiger partial charge is 0.508 e. The fourth-order valence-corrected chi connectivity index (χ4v) is 2.59. The number of phenols is 1. The summed E-state index contributed by atoms with van der Waals surface area (Å²) in [4.78, 5) is 2.52. The van der Waals surface area contributed by atoms with Crippen LogP contribution >= 0.6 is 0 Å². The topological polar surface area (TPSA) is 35.5 Å². The van der Waals surface area contributed by atoms with Gasteiger partial charge in [-0.3, -0.25) is 0 Å². The molecule has 0 amide bonds. The molecule has 2 N–H and O–H groups in total. The maximum Gasteiger partial charge on any atom is 0.120 e. The zero-order valence-electron chi connectivity index (χ0n) is 11.2. The van der Waals surface area contributed by atoms with E-state index in [9.17, 15) is 5.11 Å². The summed E-state index contributed by atoms with van der Waals surface area (Å²) >= 11 is 0. The second-order valence-corrected chi connectivity index (χ2v) is 5.14. The molecule has 0 bridgehead atoms. The zero-order chi connectivity index (χ0) is 12.8. The Morgan fingerprint density at radius 1 is 1.22 bits per heavy atom. The van der Waals surface area contributed by atoms with Crippen LogP contribution in [-0.4, -0.2) is 36.2 Å². The van der Waals surface area contributed by atoms with Crippen molar-refractivity contribution in [1.29, 1.82) is 0 Å². The number of hydrogen-bond acceptors (Lipinski definition) is 3. The molecule has 0 spiro atoms. The zero-order valence-corrected chi connectivity index (χ0v) is 11.2. The van der Waals surface area contributed by atoms with E-state index < -0.39 is 0 Å². The molecular weight excluding hydrogens is 224 g/mol. The number of piperidine rings is 1. The van der Waals surface area contributed by atoms with Crippen LogP contribution in [0.3, 0.4) is 0 Å². The summed E-state index contributed by atoms with van der Waals surface area (Å²) in [5, 5.41) is 13.3. The highest BCUT2D eigenvalue weighted by molar-refractivity contribution is 5.34. The molecule has 1 heterocycles. The predicted molar refractivity (Wildman–Crippen MR) is 74.8 cm³/mol. The van der Waals surface area contributed by atoms with Crippen molar-refractivity contribution in [2.45, 2.75) is 32.2 Å². The van der Waals surface area contributed by atoms with Gasteiger partial charge in [-0.15, -0.1) is 0 Å². The van der Waals surface area contributed by atoms with Crippen LogP contribution in [0.4, 0.5) is 0 Å². The van der Waals surface area contributed by atoms with E-state index in [0.717, 1.165) is 18.7 Å². The van der Waals surface area contributed by atoms with Gasteiger partial charge in [0.15, 0.2) is 0 Å². The molecule has 2 rings (SSSR count). The number of likely N-dealkylation sites (tertiary alicyclic amines) is 1. The Morgan fingerprint density at radius 3 is 2.67 bits per heavy atom. The standard InChI is InChI=1S/C15H24N2O/c1-13(14-7-3-4-8-15(14)18)16-9-12-17-10-5-2-6-11-17/h3-4,7-8,13,16,18H,2,5-6,9-12H2,1H3. The first-order valence-electron chi connectivity index (χ1n) is 7.01. The quantitative estimate of drug-likeness (QED) is 0.840. The van der Waals surface area contributed by atoms with Gasteiger partial charge >= 0.3 is 0 Å². The van der Waals surface area contributed by atoms with E-state index in [-0.39, 0.29) is 6.04 Å². The van der Waals surface area contributed by atoms with Gasteiger partial charge in [-0.05, 0) is 38.9 Å². The Morgan fingerprint density at radius 2 is 1.94 bits per heavy atom. The highest BCUT2D eigenvalue weighted by Gasteiger charge is 2.11. The lowest BCUT2D eigenvalue weighted by Gasteiger charge is -2.27. The van der Waals surface area contributed by atoms with Crippen LogP contribution in [0.2, 0.25) is 0 Å². The summed E-state index contributed by atoms with van der Waals surface area (Å²) in [6.45, 7) is 6.68. The lowest BCUT2D eigenvalue weighted by molar-refractivity contribution is 0.226. The van der Waals surface area contributed by atoms with Gasteiger partial charge < -0.3 is 15.3 Å². The van der Waals surface area contributed by atoms with E-state index >= 15 is 0 Å². The number of para-hydroxylation sites is 1. The van der Waals surface area contributed by atoms with Crippen LogP contribution < -0.4 is 5.32 Å². The molecule has 18 heavy (non-hydrogen) atoms. The Balaban J connectivity index is 1.74. The van der Waals surface area contributed by atoms with Gasteiger partial charge in [0.05, 0.1) is 0 Å². The summed E-state index contributed by atoms with van der Waals surface area (Å²) < 4.78 is 0. The van der Waals surface area contributed by atoms with Gasteiger partial charge in [-0.1, -0.05) is 24.6 Å². The maximum absolute atomic E-state index is 9.78. The molecule has 1 atom stereocenters. The Labute approximate surface area is 110 Å². The molecule has 0 aromatic heterocycles. The van der Waals surface area contributed by atoms with Crippen LogP contribution in [0.5, 0.6) is 5.75 Å². The number of phenolic OH excluding ortho intramolecular Hbond substituents is 1. The number of benzene rings is 1.